The Kier molecular flexibility index (Phi) is 9.86. The van der Waals surface area contributed by atoms with Gasteiger partial charge < -0.3 is 14.2 Å². The van der Waals surface area contributed by atoms with Gasteiger partial charge in [0.15, 0.2) is 6.61 Å². The minimum absolute atomic E-state index is 0.207. The van der Waals surface area contributed by atoms with E-state index in [1.54, 1.807) is 60.7 Å². The van der Waals surface area contributed by atoms with Crippen LogP contribution in [0.1, 0.15) is 41.3 Å². The minimum atomic E-state index is -0.482. The molecule has 35 heavy (non-hydrogen) atoms. The summed E-state index contributed by atoms with van der Waals surface area (Å²) in [6.07, 6.45) is 3.47. The van der Waals surface area contributed by atoms with Crippen LogP contribution in [-0.4, -0.2) is 31.3 Å². The van der Waals surface area contributed by atoms with Crippen molar-refractivity contribution in [3.8, 4) is 17.2 Å². The standard InChI is InChI=1S/C27H27BrN2O5/c1-3-4-14-33-23-9-11-24(12-10-23)34-18-26(31)30-29-17-21-16-22(28)8-13-25(21)35-27(32)20-7-5-6-19(2)15-20/h5-13,15-17H,3-4,14,18H2,1-2H3,(H,30,31)/b29-17-. The number of hydrogen-bond donors (Lipinski definition) is 1. The quantitative estimate of drug-likeness (QED) is 0.111. The lowest BCUT2D eigenvalue weighted by Crippen LogP contribution is -2.24. The van der Waals surface area contributed by atoms with Crippen molar-refractivity contribution in [2.75, 3.05) is 13.2 Å². The van der Waals surface area contributed by atoms with Gasteiger partial charge in [0.2, 0.25) is 0 Å². The molecule has 7 nitrogen and oxygen atoms in total. The molecule has 0 unspecified atom stereocenters. The molecule has 0 atom stereocenters. The van der Waals surface area contributed by atoms with E-state index in [4.69, 9.17) is 14.2 Å². The monoisotopic (exact) mass is 538 g/mol. The van der Waals surface area contributed by atoms with Gasteiger partial charge in [0.1, 0.15) is 17.2 Å². The number of rotatable bonds is 11. The average molecular weight is 539 g/mol. The number of nitrogens with one attached hydrogen (secondary N) is 1. The van der Waals surface area contributed by atoms with Crippen molar-refractivity contribution in [3.05, 3.63) is 87.9 Å². The molecule has 1 amide bonds. The molecule has 0 heterocycles. The van der Waals surface area contributed by atoms with Crippen molar-refractivity contribution in [1.82, 2.24) is 5.43 Å². The number of hydrogen-bond acceptors (Lipinski definition) is 6. The van der Waals surface area contributed by atoms with Crippen molar-refractivity contribution in [1.29, 1.82) is 0 Å². The molecule has 0 fully saturated rings. The fourth-order valence-corrected chi connectivity index (χ4v) is 3.34. The Morgan fingerprint density at radius 2 is 1.74 bits per heavy atom. The summed E-state index contributed by atoms with van der Waals surface area (Å²) in [4.78, 5) is 24.6. The summed E-state index contributed by atoms with van der Waals surface area (Å²) in [6, 6.07) is 19.4. The average Bonchev–Trinajstić information content (AvgIpc) is 2.85. The van der Waals surface area contributed by atoms with Gasteiger partial charge in [-0.15, -0.1) is 0 Å². The van der Waals surface area contributed by atoms with Crippen LogP contribution in [0.4, 0.5) is 0 Å². The van der Waals surface area contributed by atoms with Gasteiger partial charge in [0, 0.05) is 10.0 Å². The number of carbonyl (C=O) groups is 2. The first-order valence-corrected chi connectivity index (χ1v) is 12.0. The molecule has 3 aromatic carbocycles. The van der Waals surface area contributed by atoms with E-state index in [1.165, 1.54) is 6.21 Å². The molecule has 0 aliphatic heterocycles. The summed E-state index contributed by atoms with van der Waals surface area (Å²) in [5.74, 6) is 0.704. The van der Waals surface area contributed by atoms with E-state index in [2.05, 4.69) is 33.4 Å². The molecule has 3 rings (SSSR count). The van der Waals surface area contributed by atoms with Gasteiger partial charge in [0.05, 0.1) is 18.4 Å². The number of halogens is 1. The van der Waals surface area contributed by atoms with E-state index in [0.717, 1.165) is 28.6 Å². The number of unbranched alkanes of at least 4 members (excludes halogenated alkanes) is 1. The number of aryl methyl sites for hydroxylation is 1. The highest BCUT2D eigenvalue weighted by Gasteiger charge is 2.12. The summed E-state index contributed by atoms with van der Waals surface area (Å²) in [5, 5.41) is 3.97. The zero-order valence-corrected chi connectivity index (χ0v) is 21.2. The first-order valence-electron chi connectivity index (χ1n) is 11.2. The number of amides is 1. The molecule has 0 radical (unpaired) electrons. The highest BCUT2D eigenvalue weighted by molar-refractivity contribution is 9.10. The van der Waals surface area contributed by atoms with Gasteiger partial charge in [-0.25, -0.2) is 10.2 Å². The second kappa shape index (κ2) is 13.3. The summed E-state index contributed by atoms with van der Waals surface area (Å²) < 4.78 is 17.4. The molecule has 0 saturated heterocycles. The summed E-state index contributed by atoms with van der Waals surface area (Å²) in [5.41, 5.74) is 4.33. The van der Waals surface area contributed by atoms with E-state index >= 15 is 0 Å². The third-order valence-corrected chi connectivity index (χ3v) is 5.27. The third-order valence-electron chi connectivity index (χ3n) is 4.78. The molecule has 0 bridgehead atoms. The fourth-order valence-electron chi connectivity index (χ4n) is 2.97. The van der Waals surface area contributed by atoms with Crippen LogP contribution in [0.25, 0.3) is 0 Å². The fraction of sp³-hybridized carbons (Fsp3) is 0.222. The van der Waals surface area contributed by atoms with Crippen molar-refractivity contribution in [3.63, 3.8) is 0 Å². The number of carbonyl (C=O) groups excluding carboxylic acids is 2. The van der Waals surface area contributed by atoms with Crippen LogP contribution in [-0.2, 0) is 4.79 Å². The van der Waals surface area contributed by atoms with Gasteiger partial charge in [-0.3, -0.25) is 4.79 Å². The number of benzene rings is 3. The van der Waals surface area contributed by atoms with Crippen LogP contribution < -0.4 is 19.6 Å². The molecule has 0 saturated carbocycles. The Balaban J connectivity index is 1.53. The molecule has 0 aliphatic carbocycles. The molecule has 3 aromatic rings. The van der Waals surface area contributed by atoms with Gasteiger partial charge in [-0.05, 0) is 67.9 Å². The Morgan fingerprint density at radius 1 is 1.00 bits per heavy atom. The van der Waals surface area contributed by atoms with E-state index in [1.807, 2.05) is 13.0 Å². The Bertz CT molecular complexity index is 1180. The highest BCUT2D eigenvalue weighted by atomic mass is 79.9. The van der Waals surface area contributed by atoms with Gasteiger partial charge >= 0.3 is 5.97 Å². The van der Waals surface area contributed by atoms with Crippen LogP contribution in [0.15, 0.2) is 76.3 Å². The highest BCUT2D eigenvalue weighted by Crippen LogP contribution is 2.23. The predicted molar refractivity (Wildman–Crippen MR) is 138 cm³/mol. The van der Waals surface area contributed by atoms with Gasteiger partial charge in [-0.2, -0.15) is 5.10 Å². The van der Waals surface area contributed by atoms with Crippen molar-refractivity contribution in [2.24, 2.45) is 5.10 Å². The summed E-state index contributed by atoms with van der Waals surface area (Å²) in [6.45, 7) is 4.47. The number of nitrogens with zero attached hydrogens (tertiary/aromatic N) is 1. The van der Waals surface area contributed by atoms with Crippen molar-refractivity contribution < 1.29 is 23.8 Å². The van der Waals surface area contributed by atoms with Crippen LogP contribution in [0.2, 0.25) is 0 Å². The molecule has 0 spiro atoms. The van der Waals surface area contributed by atoms with E-state index in [0.29, 0.717) is 29.2 Å². The van der Waals surface area contributed by atoms with E-state index in [9.17, 15) is 9.59 Å². The van der Waals surface area contributed by atoms with Crippen molar-refractivity contribution in [2.45, 2.75) is 26.7 Å². The number of hydrazone groups is 1. The number of esters is 1. The van der Waals surface area contributed by atoms with Crippen LogP contribution in [0, 0.1) is 6.92 Å². The maximum absolute atomic E-state index is 12.5. The second-order valence-corrected chi connectivity index (χ2v) is 8.61. The summed E-state index contributed by atoms with van der Waals surface area (Å²) in [7, 11) is 0. The smallest absolute Gasteiger partial charge is 0.343 e. The largest absolute Gasteiger partial charge is 0.494 e. The minimum Gasteiger partial charge on any atom is -0.494 e. The predicted octanol–water partition coefficient (Wildman–Crippen LogP) is 5.68. The van der Waals surface area contributed by atoms with Gasteiger partial charge in [0.25, 0.3) is 5.91 Å². The Labute approximate surface area is 213 Å². The molecule has 1 N–H and O–H groups in total. The molecular formula is C27H27BrN2O5. The molecule has 0 aromatic heterocycles. The van der Waals surface area contributed by atoms with E-state index in [-0.39, 0.29) is 6.61 Å². The van der Waals surface area contributed by atoms with Crippen molar-refractivity contribution >= 4 is 34.0 Å². The second-order valence-electron chi connectivity index (χ2n) is 7.70. The topological polar surface area (TPSA) is 86.2 Å². The SMILES string of the molecule is CCCCOc1ccc(OCC(=O)N/N=C\c2cc(Br)ccc2OC(=O)c2cccc(C)c2)cc1. The number of ether oxygens (including phenoxy) is 3. The van der Waals surface area contributed by atoms with E-state index < -0.39 is 11.9 Å². The summed E-state index contributed by atoms with van der Waals surface area (Å²) >= 11 is 3.39. The molecule has 0 aliphatic rings. The maximum Gasteiger partial charge on any atom is 0.343 e. The van der Waals surface area contributed by atoms with Crippen LogP contribution >= 0.6 is 15.9 Å². The Morgan fingerprint density at radius 3 is 2.46 bits per heavy atom. The first-order chi connectivity index (χ1) is 16.9. The Hall–Kier alpha value is -3.65. The normalized spacial score (nSPS) is 10.7. The maximum atomic E-state index is 12.5. The van der Waals surface area contributed by atoms with Gasteiger partial charge in [-0.1, -0.05) is 47.0 Å². The molecule has 8 heteroatoms. The lowest BCUT2D eigenvalue weighted by atomic mass is 10.1. The van der Waals surface area contributed by atoms with Crippen LogP contribution in [0.3, 0.4) is 0 Å². The molecular weight excluding hydrogens is 512 g/mol. The zero-order chi connectivity index (χ0) is 25.0. The zero-order valence-electron chi connectivity index (χ0n) is 19.6. The lowest BCUT2D eigenvalue weighted by molar-refractivity contribution is -0.123. The van der Waals surface area contributed by atoms with Crippen LogP contribution in [0.5, 0.6) is 17.2 Å². The third kappa shape index (κ3) is 8.57. The lowest BCUT2D eigenvalue weighted by Gasteiger charge is -2.09. The molecule has 182 valence electrons. The first kappa shape index (κ1) is 26.0.